The molecule has 2 aromatic heterocycles. The van der Waals surface area contributed by atoms with Crippen molar-refractivity contribution < 1.29 is 9.13 Å². The number of hydrogen-bond donors (Lipinski definition) is 0. The van der Waals surface area contributed by atoms with E-state index in [0.29, 0.717) is 18.2 Å². The average molecular weight is 304 g/mol. The first-order valence-electron chi connectivity index (χ1n) is 7.64. The molecule has 0 unspecified atom stereocenters. The van der Waals surface area contributed by atoms with Gasteiger partial charge in [0.2, 0.25) is 0 Å². The number of imidazole rings is 1. The summed E-state index contributed by atoms with van der Waals surface area (Å²) in [5.41, 5.74) is 0.634. The fraction of sp³-hybridized carbons (Fsp3) is 0.500. The van der Waals surface area contributed by atoms with Gasteiger partial charge >= 0.3 is 0 Å². The van der Waals surface area contributed by atoms with Crippen molar-refractivity contribution in [1.82, 2.24) is 14.5 Å². The number of aromatic nitrogens is 3. The molecule has 0 bridgehead atoms. The highest BCUT2D eigenvalue weighted by Crippen LogP contribution is 2.30. The van der Waals surface area contributed by atoms with Gasteiger partial charge in [-0.2, -0.15) is 0 Å². The van der Waals surface area contributed by atoms with Gasteiger partial charge in [-0.3, -0.25) is 4.98 Å². The average Bonchev–Trinajstić information content (AvgIpc) is 3.02. The second-order valence-electron chi connectivity index (χ2n) is 5.58. The van der Waals surface area contributed by atoms with E-state index in [4.69, 9.17) is 4.74 Å². The van der Waals surface area contributed by atoms with Crippen molar-refractivity contribution in [2.24, 2.45) is 0 Å². The van der Waals surface area contributed by atoms with Crippen molar-refractivity contribution in [3.8, 4) is 0 Å². The van der Waals surface area contributed by atoms with Crippen molar-refractivity contribution >= 4 is 5.69 Å². The van der Waals surface area contributed by atoms with E-state index in [1.807, 2.05) is 12.4 Å². The summed E-state index contributed by atoms with van der Waals surface area (Å²) in [4.78, 5) is 10.4. The van der Waals surface area contributed by atoms with Crippen molar-refractivity contribution in [3.63, 3.8) is 0 Å². The largest absolute Gasteiger partial charge is 0.383 e. The molecule has 1 fully saturated rings. The summed E-state index contributed by atoms with van der Waals surface area (Å²) in [5.74, 6) is 1.12. The third kappa shape index (κ3) is 3.11. The van der Waals surface area contributed by atoms with Crippen LogP contribution in [0.25, 0.3) is 0 Å². The highest BCUT2D eigenvalue weighted by atomic mass is 19.1. The molecule has 0 amide bonds. The topological polar surface area (TPSA) is 43.2 Å². The van der Waals surface area contributed by atoms with Crippen LogP contribution in [0.3, 0.4) is 0 Å². The molecule has 0 aromatic carbocycles. The molecule has 118 valence electrons. The second-order valence-corrected chi connectivity index (χ2v) is 5.58. The molecular formula is C16H21FN4O. The number of anilines is 1. The van der Waals surface area contributed by atoms with E-state index in [-0.39, 0.29) is 5.82 Å². The van der Waals surface area contributed by atoms with Crippen molar-refractivity contribution in [1.29, 1.82) is 0 Å². The van der Waals surface area contributed by atoms with Crippen molar-refractivity contribution in [2.75, 3.05) is 31.7 Å². The Morgan fingerprint density at radius 1 is 1.41 bits per heavy atom. The summed E-state index contributed by atoms with van der Waals surface area (Å²) in [7, 11) is 1.70. The number of nitrogens with zero attached hydrogens (tertiary/aromatic N) is 4. The maximum atomic E-state index is 13.9. The lowest BCUT2D eigenvalue weighted by Crippen LogP contribution is -2.36. The van der Waals surface area contributed by atoms with Gasteiger partial charge in [0, 0.05) is 51.3 Å². The summed E-state index contributed by atoms with van der Waals surface area (Å²) in [5, 5.41) is 0. The number of hydrogen-bond acceptors (Lipinski definition) is 4. The Kier molecular flexibility index (Phi) is 4.68. The maximum absolute atomic E-state index is 13.9. The lowest BCUT2D eigenvalue weighted by molar-refractivity contribution is 0.185. The molecule has 22 heavy (non-hydrogen) atoms. The zero-order valence-corrected chi connectivity index (χ0v) is 12.8. The van der Waals surface area contributed by atoms with E-state index in [2.05, 4.69) is 19.4 Å². The summed E-state index contributed by atoms with van der Waals surface area (Å²) < 4.78 is 21.2. The van der Waals surface area contributed by atoms with Crippen LogP contribution in [0, 0.1) is 5.82 Å². The highest BCUT2D eigenvalue weighted by molar-refractivity contribution is 5.47. The van der Waals surface area contributed by atoms with E-state index in [1.165, 1.54) is 6.20 Å². The smallest absolute Gasteiger partial charge is 0.164 e. The third-order valence-electron chi connectivity index (χ3n) is 4.16. The minimum Gasteiger partial charge on any atom is -0.383 e. The number of piperidine rings is 1. The molecule has 6 heteroatoms. The molecule has 1 atom stereocenters. The SMILES string of the molecule is COCCn1ccnc1[C@@H]1CCCN(c2ccncc2F)C1. The summed E-state index contributed by atoms with van der Waals surface area (Å²) in [6.45, 7) is 3.12. The van der Waals surface area contributed by atoms with Gasteiger partial charge in [0.1, 0.15) is 5.82 Å². The molecule has 2 aromatic rings. The molecule has 0 radical (unpaired) electrons. The second kappa shape index (κ2) is 6.87. The van der Waals surface area contributed by atoms with E-state index in [9.17, 15) is 4.39 Å². The lowest BCUT2D eigenvalue weighted by Gasteiger charge is -2.34. The first-order valence-corrected chi connectivity index (χ1v) is 7.64. The molecule has 3 heterocycles. The van der Waals surface area contributed by atoms with Gasteiger partial charge in [0.25, 0.3) is 0 Å². The standard InChI is InChI=1S/C16H21FN4O/c1-22-10-9-20-8-6-19-16(20)13-3-2-7-21(12-13)15-4-5-18-11-14(15)17/h4-6,8,11,13H,2-3,7,9-10,12H2,1H3/t13-/m1/s1. The first kappa shape index (κ1) is 15.0. The van der Waals surface area contributed by atoms with Gasteiger partial charge in [-0.15, -0.1) is 0 Å². The minimum absolute atomic E-state index is 0.258. The van der Waals surface area contributed by atoms with Crippen LogP contribution in [0.2, 0.25) is 0 Å². The zero-order valence-electron chi connectivity index (χ0n) is 12.8. The Balaban J connectivity index is 1.76. The third-order valence-corrected chi connectivity index (χ3v) is 4.16. The zero-order chi connectivity index (χ0) is 15.4. The molecule has 1 saturated heterocycles. The Hall–Kier alpha value is -1.95. The number of methoxy groups -OCH3 is 1. The van der Waals surface area contributed by atoms with Gasteiger partial charge < -0.3 is 14.2 Å². The van der Waals surface area contributed by atoms with Crippen LogP contribution >= 0.6 is 0 Å². The number of rotatable bonds is 5. The molecule has 0 spiro atoms. The van der Waals surface area contributed by atoms with Gasteiger partial charge in [-0.25, -0.2) is 9.37 Å². The highest BCUT2D eigenvalue weighted by Gasteiger charge is 2.26. The normalized spacial score (nSPS) is 18.6. The molecule has 3 rings (SSSR count). The van der Waals surface area contributed by atoms with Crippen LogP contribution in [0.4, 0.5) is 10.1 Å². The van der Waals surface area contributed by atoms with Crippen LogP contribution in [-0.4, -0.2) is 41.3 Å². The summed E-state index contributed by atoms with van der Waals surface area (Å²) in [6.07, 6.45) is 8.84. The summed E-state index contributed by atoms with van der Waals surface area (Å²) in [6, 6.07) is 1.75. The molecule has 1 aliphatic rings. The lowest BCUT2D eigenvalue weighted by atomic mass is 9.96. The van der Waals surface area contributed by atoms with Gasteiger partial charge in [0.15, 0.2) is 5.82 Å². The van der Waals surface area contributed by atoms with Crippen LogP contribution in [-0.2, 0) is 11.3 Å². The maximum Gasteiger partial charge on any atom is 0.164 e. The Morgan fingerprint density at radius 2 is 2.32 bits per heavy atom. The molecule has 0 saturated carbocycles. The number of pyridine rings is 1. The van der Waals surface area contributed by atoms with Crippen LogP contribution in [0.5, 0.6) is 0 Å². The molecule has 1 aliphatic heterocycles. The fourth-order valence-electron chi connectivity index (χ4n) is 3.09. The van der Waals surface area contributed by atoms with Crippen molar-refractivity contribution in [2.45, 2.75) is 25.3 Å². The quantitative estimate of drug-likeness (QED) is 0.851. The van der Waals surface area contributed by atoms with Gasteiger partial charge in [-0.05, 0) is 18.9 Å². The van der Waals surface area contributed by atoms with Crippen LogP contribution in [0.1, 0.15) is 24.6 Å². The van der Waals surface area contributed by atoms with E-state index < -0.39 is 0 Å². The van der Waals surface area contributed by atoms with Gasteiger partial charge in [0.05, 0.1) is 18.5 Å². The Labute approximate surface area is 129 Å². The first-order chi connectivity index (χ1) is 10.8. The Bertz CT molecular complexity index is 616. The van der Waals surface area contributed by atoms with Crippen LogP contribution < -0.4 is 4.90 Å². The summed E-state index contributed by atoms with van der Waals surface area (Å²) >= 11 is 0. The van der Waals surface area contributed by atoms with Crippen molar-refractivity contribution in [3.05, 3.63) is 42.5 Å². The number of halogens is 1. The van der Waals surface area contributed by atoms with E-state index in [1.54, 1.807) is 19.4 Å². The molecule has 0 N–H and O–H groups in total. The van der Waals surface area contributed by atoms with Crippen LogP contribution in [0.15, 0.2) is 30.9 Å². The molecule has 0 aliphatic carbocycles. The fourth-order valence-corrected chi connectivity index (χ4v) is 3.09. The molecular weight excluding hydrogens is 283 g/mol. The van der Waals surface area contributed by atoms with E-state index >= 15 is 0 Å². The van der Waals surface area contributed by atoms with E-state index in [0.717, 1.165) is 38.3 Å². The predicted octanol–water partition coefficient (Wildman–Crippen LogP) is 2.45. The van der Waals surface area contributed by atoms with Gasteiger partial charge in [-0.1, -0.05) is 0 Å². The minimum atomic E-state index is -0.258. The molecule has 5 nitrogen and oxygen atoms in total. The Morgan fingerprint density at radius 3 is 3.14 bits per heavy atom. The number of ether oxygens (including phenoxy) is 1. The monoisotopic (exact) mass is 304 g/mol. The predicted molar refractivity (Wildman–Crippen MR) is 82.5 cm³/mol.